The average molecular weight is 297 g/mol. The van der Waals surface area contributed by atoms with Crippen molar-refractivity contribution in [2.24, 2.45) is 5.73 Å². The molecule has 3 heterocycles. The molecule has 2 aliphatic rings. The summed E-state index contributed by atoms with van der Waals surface area (Å²) in [5.41, 5.74) is 6.29. The van der Waals surface area contributed by atoms with E-state index >= 15 is 0 Å². The van der Waals surface area contributed by atoms with Gasteiger partial charge in [0.05, 0.1) is 19.0 Å². The zero-order valence-corrected chi connectivity index (χ0v) is 11.9. The topological polar surface area (TPSA) is 117 Å². The first-order valence-electron chi connectivity index (χ1n) is 6.72. The van der Waals surface area contributed by atoms with Gasteiger partial charge in [0.1, 0.15) is 18.1 Å². The molecule has 0 radical (unpaired) electrons. The highest BCUT2D eigenvalue weighted by atomic mass is 16.5. The number of ether oxygens (including phenoxy) is 1. The maximum atomic E-state index is 12.2. The molecule has 9 nitrogen and oxygen atoms in total. The number of amides is 1. The largest absolute Gasteiger partial charge is 0.394 e. The SMILES string of the molecule is CN1C(=O)c2ncn([C@H]3C[C@H](O)[C@@H](CO)O3)c2N(C)C1N. The summed E-state index contributed by atoms with van der Waals surface area (Å²) in [6.07, 6.45) is -0.642. The van der Waals surface area contributed by atoms with Crippen molar-refractivity contribution in [1.29, 1.82) is 0 Å². The first-order valence-corrected chi connectivity index (χ1v) is 6.72. The number of aliphatic hydroxyl groups excluding tert-OH is 2. The van der Waals surface area contributed by atoms with Gasteiger partial charge in [-0.2, -0.15) is 0 Å². The summed E-state index contributed by atoms with van der Waals surface area (Å²) in [5, 5.41) is 19.0. The van der Waals surface area contributed by atoms with E-state index in [-0.39, 0.29) is 12.5 Å². The van der Waals surface area contributed by atoms with E-state index in [1.165, 1.54) is 11.2 Å². The van der Waals surface area contributed by atoms with Crippen LogP contribution in [-0.2, 0) is 4.74 Å². The minimum atomic E-state index is -0.751. The quantitative estimate of drug-likeness (QED) is 0.595. The third-order valence-electron chi connectivity index (χ3n) is 4.11. The summed E-state index contributed by atoms with van der Waals surface area (Å²) >= 11 is 0. The maximum Gasteiger partial charge on any atom is 0.278 e. The molecule has 1 aromatic rings. The Morgan fingerprint density at radius 3 is 2.81 bits per heavy atom. The zero-order valence-electron chi connectivity index (χ0n) is 11.9. The van der Waals surface area contributed by atoms with Crippen LogP contribution < -0.4 is 10.6 Å². The molecule has 1 unspecified atom stereocenters. The van der Waals surface area contributed by atoms with Crippen LogP contribution in [0.25, 0.3) is 0 Å². The van der Waals surface area contributed by atoms with E-state index in [0.717, 1.165) is 0 Å². The van der Waals surface area contributed by atoms with Crippen molar-refractivity contribution in [3.05, 3.63) is 12.0 Å². The number of hydrogen-bond acceptors (Lipinski definition) is 7. The fourth-order valence-electron chi connectivity index (χ4n) is 2.79. The first kappa shape index (κ1) is 14.3. The first-order chi connectivity index (χ1) is 9.95. The van der Waals surface area contributed by atoms with Gasteiger partial charge in [0, 0.05) is 20.5 Å². The Morgan fingerprint density at radius 2 is 2.19 bits per heavy atom. The molecule has 1 saturated heterocycles. The van der Waals surface area contributed by atoms with Crippen LogP contribution in [0.1, 0.15) is 23.1 Å². The normalized spacial score (nSPS) is 32.7. The van der Waals surface area contributed by atoms with Crippen LogP contribution in [0, 0.1) is 0 Å². The summed E-state index contributed by atoms with van der Waals surface area (Å²) < 4.78 is 7.29. The summed E-state index contributed by atoms with van der Waals surface area (Å²) in [6.45, 7) is -0.258. The van der Waals surface area contributed by atoms with E-state index in [9.17, 15) is 9.90 Å². The van der Waals surface area contributed by atoms with Crippen molar-refractivity contribution in [3.8, 4) is 0 Å². The van der Waals surface area contributed by atoms with Gasteiger partial charge in [-0.1, -0.05) is 0 Å². The Bertz CT molecular complexity index is 562. The van der Waals surface area contributed by atoms with Gasteiger partial charge in [-0.3, -0.25) is 15.1 Å². The van der Waals surface area contributed by atoms with Crippen LogP contribution in [0.4, 0.5) is 5.82 Å². The summed E-state index contributed by atoms with van der Waals surface area (Å²) in [5.74, 6) is 0.299. The minimum Gasteiger partial charge on any atom is -0.394 e. The molecular weight excluding hydrogens is 278 g/mol. The molecule has 0 aromatic carbocycles. The molecular formula is C12H19N5O4. The lowest BCUT2D eigenvalue weighted by molar-refractivity contribution is -0.0441. The van der Waals surface area contributed by atoms with Gasteiger partial charge >= 0.3 is 0 Å². The number of hydrogen-bond donors (Lipinski definition) is 3. The Labute approximate surface area is 121 Å². The third kappa shape index (κ3) is 2.01. The van der Waals surface area contributed by atoms with Gasteiger partial charge in [0.15, 0.2) is 12.0 Å². The van der Waals surface area contributed by atoms with Gasteiger partial charge in [-0.05, 0) is 0 Å². The van der Waals surface area contributed by atoms with Gasteiger partial charge in [-0.15, -0.1) is 0 Å². The number of nitrogens with zero attached hydrogens (tertiary/aromatic N) is 4. The lowest BCUT2D eigenvalue weighted by Gasteiger charge is -2.38. The van der Waals surface area contributed by atoms with Crippen LogP contribution in [0.2, 0.25) is 0 Å². The molecule has 0 spiro atoms. The number of anilines is 1. The van der Waals surface area contributed by atoms with Crippen molar-refractivity contribution in [2.45, 2.75) is 31.1 Å². The fraction of sp³-hybridized carbons (Fsp3) is 0.667. The zero-order chi connectivity index (χ0) is 15.3. The molecule has 21 heavy (non-hydrogen) atoms. The average Bonchev–Trinajstić information content (AvgIpc) is 3.06. The number of nitrogens with two attached hydrogens (primary N) is 1. The molecule has 2 aliphatic heterocycles. The number of imidazole rings is 1. The number of fused-ring (bicyclic) bond motifs is 1. The molecule has 0 saturated carbocycles. The number of carbonyl (C=O) groups is 1. The van der Waals surface area contributed by atoms with E-state index in [2.05, 4.69) is 4.98 Å². The third-order valence-corrected chi connectivity index (χ3v) is 4.11. The van der Waals surface area contributed by atoms with Crippen molar-refractivity contribution in [1.82, 2.24) is 14.5 Å². The van der Waals surface area contributed by atoms with Gasteiger partial charge in [0.2, 0.25) is 0 Å². The predicted octanol–water partition coefficient (Wildman–Crippen LogP) is -1.71. The Hall–Kier alpha value is -1.68. The molecule has 1 amide bonds. The van der Waals surface area contributed by atoms with Crippen molar-refractivity contribution in [2.75, 3.05) is 25.6 Å². The van der Waals surface area contributed by atoms with E-state index in [1.807, 2.05) is 0 Å². The molecule has 1 fully saturated rings. The van der Waals surface area contributed by atoms with Gasteiger partial charge < -0.3 is 24.7 Å². The van der Waals surface area contributed by atoms with Crippen LogP contribution in [0.3, 0.4) is 0 Å². The maximum absolute atomic E-state index is 12.2. The van der Waals surface area contributed by atoms with E-state index in [4.69, 9.17) is 15.6 Å². The second-order valence-corrected chi connectivity index (χ2v) is 5.38. The number of carbonyl (C=O) groups excluding carboxylic acids is 1. The highest BCUT2D eigenvalue weighted by Crippen LogP contribution is 2.35. The van der Waals surface area contributed by atoms with Crippen molar-refractivity contribution < 1.29 is 19.7 Å². The number of rotatable bonds is 2. The Morgan fingerprint density at radius 1 is 1.48 bits per heavy atom. The highest BCUT2D eigenvalue weighted by molar-refractivity contribution is 5.99. The van der Waals surface area contributed by atoms with Gasteiger partial charge in [-0.25, -0.2) is 4.98 Å². The van der Waals surface area contributed by atoms with E-state index < -0.39 is 24.7 Å². The lowest BCUT2D eigenvalue weighted by atomic mass is 10.2. The second kappa shape index (κ2) is 4.95. The van der Waals surface area contributed by atoms with E-state index in [1.54, 1.807) is 23.6 Å². The van der Waals surface area contributed by atoms with E-state index in [0.29, 0.717) is 17.9 Å². The molecule has 0 aliphatic carbocycles. The second-order valence-electron chi connectivity index (χ2n) is 5.38. The predicted molar refractivity (Wildman–Crippen MR) is 72.3 cm³/mol. The lowest BCUT2D eigenvalue weighted by Crippen LogP contribution is -2.57. The highest BCUT2D eigenvalue weighted by Gasteiger charge is 2.40. The summed E-state index contributed by atoms with van der Waals surface area (Å²) in [7, 11) is 3.38. The minimum absolute atomic E-state index is 0.258. The number of aliphatic hydroxyl groups is 2. The summed E-state index contributed by atoms with van der Waals surface area (Å²) in [6, 6.07) is 0. The molecule has 1 aromatic heterocycles. The Kier molecular flexibility index (Phi) is 3.36. The molecule has 116 valence electrons. The van der Waals surface area contributed by atoms with Gasteiger partial charge in [0.25, 0.3) is 5.91 Å². The van der Waals surface area contributed by atoms with Crippen LogP contribution in [0.5, 0.6) is 0 Å². The Balaban J connectivity index is 1.97. The fourth-order valence-corrected chi connectivity index (χ4v) is 2.79. The molecule has 4 N–H and O–H groups in total. The molecule has 9 heteroatoms. The van der Waals surface area contributed by atoms with Crippen molar-refractivity contribution >= 4 is 11.7 Å². The van der Waals surface area contributed by atoms with Crippen LogP contribution in [0.15, 0.2) is 6.33 Å². The van der Waals surface area contributed by atoms with Crippen LogP contribution >= 0.6 is 0 Å². The monoisotopic (exact) mass is 297 g/mol. The molecule has 3 rings (SSSR count). The standard InChI is InChI=1S/C12H19N5O4/c1-15-10-9(11(20)16(2)12(15)13)14-5-17(10)8-3-6(19)7(4-18)21-8/h5-8,12,18-19H,3-4,13H2,1-2H3/t6-,7+,8+,12?/m0/s1. The van der Waals surface area contributed by atoms with Crippen LogP contribution in [-0.4, -0.2) is 69.8 Å². The molecule has 0 bridgehead atoms. The molecule has 4 atom stereocenters. The number of aromatic nitrogens is 2. The van der Waals surface area contributed by atoms with Crippen molar-refractivity contribution in [3.63, 3.8) is 0 Å². The smallest absolute Gasteiger partial charge is 0.278 e. The summed E-state index contributed by atoms with van der Waals surface area (Å²) in [4.78, 5) is 19.5.